The predicted molar refractivity (Wildman–Crippen MR) is 76.1 cm³/mol. The first kappa shape index (κ1) is 12.0. The fraction of sp³-hybridized carbons (Fsp3) is 0.308. The number of fused-ring (bicyclic) bond motifs is 1. The number of rotatable bonds is 4. The summed E-state index contributed by atoms with van der Waals surface area (Å²) in [6.45, 7) is 7.20. The molecular weight excluding hydrogens is 232 g/mol. The van der Waals surface area contributed by atoms with Crippen LogP contribution in [0.4, 0.5) is 5.69 Å². The molecule has 3 nitrogen and oxygen atoms in total. The van der Waals surface area contributed by atoms with Gasteiger partial charge in [-0.3, -0.25) is 4.99 Å². The second kappa shape index (κ2) is 5.27. The quantitative estimate of drug-likeness (QED) is 0.830. The van der Waals surface area contributed by atoms with E-state index in [1.54, 1.807) is 11.8 Å². The van der Waals surface area contributed by atoms with Crippen LogP contribution in [0.1, 0.15) is 12.5 Å². The standard InChI is InChI=1S/C13H16N2OS/c1-4-15-9-5-6-10-11(7-9)16-8-12(17-3)13(10)14-2/h5-7,15H,2,4,8H2,1,3H3. The molecule has 0 radical (unpaired) electrons. The highest BCUT2D eigenvalue weighted by Gasteiger charge is 2.19. The molecule has 90 valence electrons. The van der Waals surface area contributed by atoms with Gasteiger partial charge in [0, 0.05) is 28.8 Å². The Kier molecular flexibility index (Phi) is 3.74. The van der Waals surface area contributed by atoms with Crippen molar-refractivity contribution in [1.29, 1.82) is 0 Å². The van der Waals surface area contributed by atoms with Crippen LogP contribution in [-0.2, 0) is 0 Å². The van der Waals surface area contributed by atoms with Crippen molar-refractivity contribution in [2.75, 3.05) is 24.7 Å². The predicted octanol–water partition coefficient (Wildman–Crippen LogP) is 3.24. The van der Waals surface area contributed by atoms with Crippen LogP contribution in [0, 0.1) is 0 Å². The van der Waals surface area contributed by atoms with Crippen LogP contribution in [0.3, 0.4) is 0 Å². The summed E-state index contributed by atoms with van der Waals surface area (Å²) in [5.41, 5.74) is 3.04. The molecule has 0 bridgehead atoms. The van der Waals surface area contributed by atoms with Crippen LogP contribution in [-0.4, -0.2) is 26.1 Å². The van der Waals surface area contributed by atoms with Crippen LogP contribution in [0.25, 0.3) is 5.70 Å². The topological polar surface area (TPSA) is 33.6 Å². The van der Waals surface area contributed by atoms with Crippen molar-refractivity contribution in [3.63, 3.8) is 0 Å². The van der Waals surface area contributed by atoms with Gasteiger partial charge in [0.1, 0.15) is 12.4 Å². The van der Waals surface area contributed by atoms with Gasteiger partial charge in [-0.05, 0) is 32.0 Å². The molecule has 0 saturated heterocycles. The monoisotopic (exact) mass is 248 g/mol. The summed E-state index contributed by atoms with van der Waals surface area (Å²) in [6.07, 6.45) is 2.03. The number of hydrogen-bond donors (Lipinski definition) is 1. The van der Waals surface area contributed by atoms with E-state index in [0.717, 1.165) is 34.1 Å². The Hall–Kier alpha value is -1.42. The second-order valence-corrected chi connectivity index (χ2v) is 4.57. The molecule has 0 spiro atoms. The molecule has 1 N–H and O–H groups in total. The lowest BCUT2D eigenvalue weighted by Gasteiger charge is -2.21. The Morgan fingerprint density at radius 1 is 1.53 bits per heavy atom. The largest absolute Gasteiger partial charge is 0.487 e. The maximum Gasteiger partial charge on any atom is 0.131 e. The summed E-state index contributed by atoms with van der Waals surface area (Å²) in [7, 11) is 0. The van der Waals surface area contributed by atoms with Crippen molar-refractivity contribution >= 4 is 29.9 Å². The smallest absolute Gasteiger partial charge is 0.131 e. The van der Waals surface area contributed by atoms with Crippen LogP contribution in [0.15, 0.2) is 28.1 Å². The van der Waals surface area contributed by atoms with E-state index in [2.05, 4.69) is 24.0 Å². The molecule has 1 aliphatic heterocycles. The highest BCUT2D eigenvalue weighted by molar-refractivity contribution is 8.02. The normalized spacial score (nSPS) is 14.0. The molecular formula is C13H16N2OS. The minimum atomic E-state index is 0.581. The number of thioether (sulfide) groups is 1. The Morgan fingerprint density at radius 3 is 3.00 bits per heavy atom. The van der Waals surface area contributed by atoms with Crippen molar-refractivity contribution in [3.8, 4) is 5.75 Å². The summed E-state index contributed by atoms with van der Waals surface area (Å²) in [5, 5.41) is 3.27. The van der Waals surface area contributed by atoms with Crippen molar-refractivity contribution in [1.82, 2.24) is 0 Å². The van der Waals surface area contributed by atoms with Gasteiger partial charge in [0.15, 0.2) is 0 Å². The third-order valence-corrected chi connectivity index (χ3v) is 3.45. The number of ether oxygens (including phenoxy) is 1. The van der Waals surface area contributed by atoms with E-state index in [1.807, 2.05) is 24.5 Å². The van der Waals surface area contributed by atoms with E-state index in [-0.39, 0.29) is 0 Å². The average molecular weight is 248 g/mol. The minimum Gasteiger partial charge on any atom is -0.487 e. The SMILES string of the molecule is C=NC1=C(SC)COc2cc(NCC)ccc21. The molecule has 2 rings (SSSR count). The Bertz CT molecular complexity index is 468. The van der Waals surface area contributed by atoms with Crippen LogP contribution in [0.5, 0.6) is 5.75 Å². The molecule has 1 aromatic rings. The zero-order valence-electron chi connectivity index (χ0n) is 10.1. The van der Waals surface area contributed by atoms with Crippen LogP contribution >= 0.6 is 11.8 Å². The second-order valence-electron chi connectivity index (χ2n) is 3.66. The fourth-order valence-corrected chi connectivity index (χ4v) is 2.39. The van der Waals surface area contributed by atoms with Crippen molar-refractivity contribution in [2.24, 2.45) is 4.99 Å². The zero-order chi connectivity index (χ0) is 12.3. The van der Waals surface area contributed by atoms with Gasteiger partial charge in [0.05, 0.1) is 5.70 Å². The van der Waals surface area contributed by atoms with Gasteiger partial charge < -0.3 is 10.1 Å². The summed E-state index contributed by atoms with van der Waals surface area (Å²) in [6, 6.07) is 6.09. The van der Waals surface area contributed by atoms with Gasteiger partial charge >= 0.3 is 0 Å². The highest BCUT2D eigenvalue weighted by Crippen LogP contribution is 2.38. The van der Waals surface area contributed by atoms with Gasteiger partial charge in [-0.15, -0.1) is 11.8 Å². The number of nitrogens with one attached hydrogen (secondary N) is 1. The zero-order valence-corrected chi connectivity index (χ0v) is 10.9. The van der Waals surface area contributed by atoms with E-state index in [1.165, 1.54) is 0 Å². The lowest BCUT2D eigenvalue weighted by molar-refractivity contribution is 0.354. The molecule has 1 aliphatic rings. The molecule has 1 aromatic carbocycles. The summed E-state index contributed by atoms with van der Waals surface area (Å²) < 4.78 is 5.74. The number of nitrogens with zero attached hydrogens (tertiary/aromatic N) is 1. The molecule has 1 heterocycles. The van der Waals surface area contributed by atoms with Crippen LogP contribution < -0.4 is 10.1 Å². The summed E-state index contributed by atoms with van der Waals surface area (Å²) >= 11 is 1.66. The van der Waals surface area contributed by atoms with Gasteiger partial charge in [-0.25, -0.2) is 0 Å². The highest BCUT2D eigenvalue weighted by atomic mass is 32.2. The number of benzene rings is 1. The van der Waals surface area contributed by atoms with E-state index < -0.39 is 0 Å². The summed E-state index contributed by atoms with van der Waals surface area (Å²) in [4.78, 5) is 5.25. The Labute approximate surface area is 106 Å². The molecule has 0 aromatic heterocycles. The molecule has 0 aliphatic carbocycles. The number of hydrogen-bond acceptors (Lipinski definition) is 4. The van der Waals surface area contributed by atoms with Gasteiger partial charge in [-0.2, -0.15) is 0 Å². The average Bonchev–Trinajstić information content (AvgIpc) is 2.37. The fourth-order valence-electron chi connectivity index (χ4n) is 1.84. The van der Waals surface area contributed by atoms with Gasteiger partial charge in [0.2, 0.25) is 0 Å². The van der Waals surface area contributed by atoms with Gasteiger partial charge in [-0.1, -0.05) is 0 Å². The Morgan fingerprint density at radius 2 is 2.35 bits per heavy atom. The maximum atomic E-state index is 5.74. The van der Waals surface area contributed by atoms with Gasteiger partial charge in [0.25, 0.3) is 0 Å². The van der Waals surface area contributed by atoms with E-state index >= 15 is 0 Å². The maximum absolute atomic E-state index is 5.74. The van der Waals surface area contributed by atoms with E-state index in [9.17, 15) is 0 Å². The van der Waals surface area contributed by atoms with E-state index in [0.29, 0.717) is 6.61 Å². The molecule has 0 saturated carbocycles. The first-order valence-corrected chi connectivity index (χ1v) is 6.77. The van der Waals surface area contributed by atoms with Crippen LogP contribution in [0.2, 0.25) is 0 Å². The first-order chi connectivity index (χ1) is 8.30. The number of aliphatic imine (C=N–C) groups is 1. The molecule has 17 heavy (non-hydrogen) atoms. The Balaban J connectivity index is 2.44. The lowest BCUT2D eigenvalue weighted by Crippen LogP contribution is -2.09. The first-order valence-electron chi connectivity index (χ1n) is 5.55. The summed E-state index contributed by atoms with van der Waals surface area (Å²) in [5.74, 6) is 0.878. The van der Waals surface area contributed by atoms with E-state index in [4.69, 9.17) is 4.74 Å². The number of anilines is 1. The third-order valence-electron chi connectivity index (χ3n) is 2.65. The third kappa shape index (κ3) is 2.31. The molecule has 4 heteroatoms. The van der Waals surface area contributed by atoms with Crippen molar-refractivity contribution in [2.45, 2.75) is 6.92 Å². The lowest BCUT2D eigenvalue weighted by atomic mass is 10.1. The molecule has 0 amide bonds. The van der Waals surface area contributed by atoms with Crippen molar-refractivity contribution < 1.29 is 4.74 Å². The minimum absolute atomic E-state index is 0.581. The molecule has 0 fully saturated rings. The molecule has 0 atom stereocenters. The molecule has 0 unspecified atom stereocenters. The van der Waals surface area contributed by atoms with Crippen molar-refractivity contribution in [3.05, 3.63) is 28.7 Å².